The fraction of sp³-hybridized carbons (Fsp3) is 0.167. The van der Waals surface area contributed by atoms with E-state index in [1.165, 1.54) is 11.1 Å². The van der Waals surface area contributed by atoms with Crippen molar-refractivity contribution in [3.05, 3.63) is 65.0 Å². The highest BCUT2D eigenvalue weighted by molar-refractivity contribution is 7.09. The summed E-state index contributed by atoms with van der Waals surface area (Å²) < 4.78 is 0. The van der Waals surface area contributed by atoms with E-state index in [0.717, 1.165) is 22.7 Å². The van der Waals surface area contributed by atoms with Crippen molar-refractivity contribution >= 4 is 11.3 Å². The molecule has 2 N–H and O–H groups in total. The Hall–Kier alpha value is -1.97. The molecule has 0 fully saturated rings. The molecule has 1 unspecified atom stereocenters. The van der Waals surface area contributed by atoms with Crippen molar-refractivity contribution < 1.29 is 0 Å². The van der Waals surface area contributed by atoms with Crippen LogP contribution in [-0.4, -0.2) is 11.0 Å². The van der Waals surface area contributed by atoms with Gasteiger partial charge in [0.15, 0.2) is 0 Å². The van der Waals surface area contributed by atoms with Gasteiger partial charge in [-0.05, 0) is 18.1 Å². The SMILES string of the molecule is CC(N)Cc1nc(-c2ccc(-c3ccccc3)cc2)cs1. The van der Waals surface area contributed by atoms with Crippen molar-refractivity contribution in [1.82, 2.24) is 4.98 Å². The average Bonchev–Trinajstić information content (AvgIpc) is 2.96. The molecule has 0 amide bonds. The molecule has 3 aromatic rings. The molecular formula is C18H18N2S. The van der Waals surface area contributed by atoms with E-state index >= 15 is 0 Å². The second-order valence-electron chi connectivity index (χ2n) is 5.25. The normalized spacial score (nSPS) is 12.3. The van der Waals surface area contributed by atoms with E-state index in [1.54, 1.807) is 11.3 Å². The van der Waals surface area contributed by atoms with Crippen LogP contribution < -0.4 is 5.73 Å². The van der Waals surface area contributed by atoms with Crippen LogP contribution in [0.25, 0.3) is 22.4 Å². The Labute approximate surface area is 129 Å². The van der Waals surface area contributed by atoms with Gasteiger partial charge in [0.2, 0.25) is 0 Å². The van der Waals surface area contributed by atoms with E-state index in [9.17, 15) is 0 Å². The molecule has 3 rings (SSSR count). The molecule has 2 nitrogen and oxygen atoms in total. The van der Waals surface area contributed by atoms with Crippen LogP contribution in [0.2, 0.25) is 0 Å². The maximum Gasteiger partial charge on any atom is 0.0947 e. The third-order valence-electron chi connectivity index (χ3n) is 3.34. The summed E-state index contributed by atoms with van der Waals surface area (Å²) in [4.78, 5) is 4.66. The van der Waals surface area contributed by atoms with Crippen molar-refractivity contribution in [1.29, 1.82) is 0 Å². The van der Waals surface area contributed by atoms with Crippen LogP contribution in [0.3, 0.4) is 0 Å². The van der Waals surface area contributed by atoms with Gasteiger partial charge in [0, 0.05) is 23.4 Å². The monoisotopic (exact) mass is 294 g/mol. The molecule has 106 valence electrons. The summed E-state index contributed by atoms with van der Waals surface area (Å²) >= 11 is 1.68. The van der Waals surface area contributed by atoms with Gasteiger partial charge in [-0.25, -0.2) is 4.98 Å². The molecule has 21 heavy (non-hydrogen) atoms. The number of rotatable bonds is 4. The lowest BCUT2D eigenvalue weighted by atomic mass is 10.0. The maximum atomic E-state index is 5.82. The van der Waals surface area contributed by atoms with Crippen LogP contribution in [0.5, 0.6) is 0 Å². The molecule has 1 aromatic heterocycles. The summed E-state index contributed by atoms with van der Waals surface area (Å²) in [6, 6.07) is 19.1. The zero-order valence-electron chi connectivity index (χ0n) is 12.0. The van der Waals surface area contributed by atoms with Crippen molar-refractivity contribution in [3.63, 3.8) is 0 Å². The number of aromatic nitrogens is 1. The summed E-state index contributed by atoms with van der Waals surface area (Å²) in [7, 11) is 0. The largest absolute Gasteiger partial charge is 0.328 e. The molecule has 1 heterocycles. The standard InChI is InChI=1S/C18H18N2S/c1-13(19)11-18-20-17(12-21-18)16-9-7-15(8-10-16)14-5-3-2-4-6-14/h2-10,12-13H,11,19H2,1H3. The Morgan fingerprint density at radius 2 is 1.57 bits per heavy atom. The van der Waals surface area contributed by atoms with Crippen LogP contribution in [0.4, 0.5) is 0 Å². The average molecular weight is 294 g/mol. The third-order valence-corrected chi connectivity index (χ3v) is 4.21. The topological polar surface area (TPSA) is 38.9 Å². The quantitative estimate of drug-likeness (QED) is 0.776. The number of nitrogens with zero attached hydrogens (tertiary/aromatic N) is 1. The van der Waals surface area contributed by atoms with E-state index in [4.69, 9.17) is 5.73 Å². The fourth-order valence-corrected chi connectivity index (χ4v) is 3.22. The second kappa shape index (κ2) is 6.20. The van der Waals surface area contributed by atoms with Crippen LogP contribution in [0.1, 0.15) is 11.9 Å². The molecule has 0 spiro atoms. The summed E-state index contributed by atoms with van der Waals surface area (Å²) in [5, 5.41) is 3.21. The first-order valence-corrected chi connectivity index (χ1v) is 7.96. The van der Waals surface area contributed by atoms with Gasteiger partial charge in [-0.15, -0.1) is 11.3 Å². The molecule has 0 aliphatic heterocycles. The van der Waals surface area contributed by atoms with E-state index in [2.05, 4.69) is 58.9 Å². The van der Waals surface area contributed by atoms with Gasteiger partial charge in [-0.2, -0.15) is 0 Å². The van der Waals surface area contributed by atoms with Crippen molar-refractivity contribution in [2.75, 3.05) is 0 Å². The first kappa shape index (κ1) is 14.0. The minimum atomic E-state index is 0.157. The Balaban J connectivity index is 1.82. The first-order valence-electron chi connectivity index (χ1n) is 7.08. The predicted molar refractivity (Wildman–Crippen MR) is 90.3 cm³/mol. The van der Waals surface area contributed by atoms with Crippen molar-refractivity contribution in [2.24, 2.45) is 5.73 Å². The Morgan fingerprint density at radius 1 is 0.952 bits per heavy atom. The minimum absolute atomic E-state index is 0.157. The molecule has 0 saturated heterocycles. The van der Waals surface area contributed by atoms with Gasteiger partial charge in [-0.1, -0.05) is 54.6 Å². The Morgan fingerprint density at radius 3 is 2.24 bits per heavy atom. The Kier molecular flexibility index (Phi) is 4.13. The molecule has 3 heteroatoms. The van der Waals surface area contributed by atoms with Gasteiger partial charge >= 0.3 is 0 Å². The summed E-state index contributed by atoms with van der Waals surface area (Å²) in [6.45, 7) is 2.01. The zero-order valence-corrected chi connectivity index (χ0v) is 12.8. The molecule has 2 aromatic carbocycles. The van der Waals surface area contributed by atoms with Crippen LogP contribution in [-0.2, 0) is 6.42 Å². The lowest BCUT2D eigenvalue weighted by molar-refractivity contribution is 0.734. The van der Waals surface area contributed by atoms with Gasteiger partial charge in [0.1, 0.15) is 0 Å². The second-order valence-corrected chi connectivity index (χ2v) is 6.19. The fourth-order valence-electron chi connectivity index (χ4n) is 2.28. The molecule has 0 bridgehead atoms. The summed E-state index contributed by atoms with van der Waals surface area (Å²) in [5.41, 5.74) is 10.5. The molecule has 0 radical (unpaired) electrons. The van der Waals surface area contributed by atoms with E-state index in [0.29, 0.717) is 0 Å². The van der Waals surface area contributed by atoms with Crippen LogP contribution in [0.15, 0.2) is 60.0 Å². The molecule has 0 saturated carbocycles. The van der Waals surface area contributed by atoms with Crippen LogP contribution in [0, 0.1) is 0 Å². The molecule has 1 atom stereocenters. The maximum absolute atomic E-state index is 5.82. The van der Waals surface area contributed by atoms with Crippen molar-refractivity contribution in [3.8, 4) is 22.4 Å². The molecule has 0 aliphatic rings. The summed E-state index contributed by atoms with van der Waals surface area (Å²) in [5.74, 6) is 0. The van der Waals surface area contributed by atoms with Gasteiger partial charge < -0.3 is 5.73 Å². The lowest BCUT2D eigenvalue weighted by Crippen LogP contribution is -2.17. The highest BCUT2D eigenvalue weighted by Gasteiger charge is 2.06. The molecule has 0 aliphatic carbocycles. The minimum Gasteiger partial charge on any atom is -0.328 e. The highest BCUT2D eigenvalue weighted by Crippen LogP contribution is 2.26. The smallest absolute Gasteiger partial charge is 0.0947 e. The first-order chi connectivity index (χ1) is 10.2. The number of nitrogens with two attached hydrogens (primary N) is 1. The third kappa shape index (κ3) is 3.38. The lowest BCUT2D eigenvalue weighted by Gasteiger charge is -2.03. The van der Waals surface area contributed by atoms with E-state index < -0.39 is 0 Å². The van der Waals surface area contributed by atoms with Crippen LogP contribution >= 0.6 is 11.3 Å². The van der Waals surface area contributed by atoms with E-state index in [1.807, 2.05) is 13.0 Å². The number of hydrogen-bond acceptors (Lipinski definition) is 3. The predicted octanol–water partition coefficient (Wildman–Crippen LogP) is 4.37. The number of benzene rings is 2. The zero-order chi connectivity index (χ0) is 14.7. The van der Waals surface area contributed by atoms with Gasteiger partial charge in [0.05, 0.1) is 10.7 Å². The highest BCUT2D eigenvalue weighted by atomic mass is 32.1. The van der Waals surface area contributed by atoms with E-state index in [-0.39, 0.29) is 6.04 Å². The van der Waals surface area contributed by atoms with Gasteiger partial charge in [-0.3, -0.25) is 0 Å². The van der Waals surface area contributed by atoms with Gasteiger partial charge in [0.25, 0.3) is 0 Å². The summed E-state index contributed by atoms with van der Waals surface area (Å²) in [6.07, 6.45) is 0.840. The van der Waals surface area contributed by atoms with Crippen molar-refractivity contribution in [2.45, 2.75) is 19.4 Å². The number of hydrogen-bond donors (Lipinski definition) is 1. The molecular weight excluding hydrogens is 276 g/mol. The Bertz CT molecular complexity index is 700. The number of thiazole rings is 1.